The number of carbonyl (C=O) groups is 2. The van der Waals surface area contributed by atoms with Crippen molar-refractivity contribution in [1.82, 2.24) is 0 Å². The number of carbonyl (C=O) groups excluding carboxylic acids is 1. The predicted octanol–water partition coefficient (Wildman–Crippen LogP) is 5.51. The standard InChI is InChI=1S/C24H26O8/c1-4-6-18-20(10-8-17(15(3)25)22(18)26)30-12-5-11-29-19-9-7-16-13-21(32-24(27)28)31-23(16)14(19)2/h7-10,13,26H,4-6,11-12H2,1-3H3,(H,27,28). The van der Waals surface area contributed by atoms with Crippen LogP contribution in [0, 0.1) is 6.92 Å². The summed E-state index contributed by atoms with van der Waals surface area (Å²) in [6, 6.07) is 8.36. The number of phenolic OH excluding ortho intramolecular Hbond substituents is 1. The van der Waals surface area contributed by atoms with Gasteiger partial charge >= 0.3 is 6.16 Å². The molecule has 32 heavy (non-hydrogen) atoms. The van der Waals surface area contributed by atoms with E-state index in [-0.39, 0.29) is 17.5 Å². The molecule has 3 aromatic rings. The first kappa shape index (κ1) is 23.0. The maximum atomic E-state index is 11.7. The summed E-state index contributed by atoms with van der Waals surface area (Å²) in [5.41, 5.74) is 2.17. The van der Waals surface area contributed by atoms with Gasteiger partial charge in [-0.15, -0.1) is 0 Å². The van der Waals surface area contributed by atoms with Crippen LogP contribution >= 0.6 is 0 Å². The number of aryl methyl sites for hydroxylation is 1. The minimum Gasteiger partial charge on any atom is -0.507 e. The van der Waals surface area contributed by atoms with Crippen LogP contribution in [0.4, 0.5) is 4.79 Å². The van der Waals surface area contributed by atoms with Crippen LogP contribution in [0.5, 0.6) is 23.2 Å². The molecular weight excluding hydrogens is 416 g/mol. The predicted molar refractivity (Wildman–Crippen MR) is 117 cm³/mol. The van der Waals surface area contributed by atoms with Crippen LogP contribution in [0.1, 0.15) is 48.2 Å². The molecule has 8 nitrogen and oxygen atoms in total. The first-order valence-corrected chi connectivity index (χ1v) is 10.4. The van der Waals surface area contributed by atoms with Crippen molar-refractivity contribution in [2.75, 3.05) is 13.2 Å². The normalized spacial score (nSPS) is 10.8. The lowest BCUT2D eigenvalue weighted by Gasteiger charge is -2.15. The van der Waals surface area contributed by atoms with E-state index >= 15 is 0 Å². The maximum absolute atomic E-state index is 11.7. The van der Waals surface area contributed by atoms with E-state index in [1.54, 1.807) is 24.3 Å². The highest BCUT2D eigenvalue weighted by molar-refractivity contribution is 5.97. The van der Waals surface area contributed by atoms with Crippen molar-refractivity contribution in [3.63, 3.8) is 0 Å². The smallest absolute Gasteiger partial charge is 0.507 e. The lowest BCUT2D eigenvalue weighted by molar-refractivity contribution is 0.101. The second kappa shape index (κ2) is 10.1. The molecule has 0 unspecified atom stereocenters. The molecule has 0 aliphatic carbocycles. The molecule has 1 heterocycles. The average molecular weight is 442 g/mol. The molecule has 0 spiro atoms. The van der Waals surface area contributed by atoms with Crippen LogP contribution in [0.25, 0.3) is 11.0 Å². The molecule has 0 saturated carbocycles. The Hall–Kier alpha value is -3.68. The number of ether oxygens (including phenoxy) is 3. The van der Waals surface area contributed by atoms with E-state index in [9.17, 15) is 14.7 Å². The molecule has 0 aliphatic heterocycles. The number of aromatic hydroxyl groups is 1. The zero-order valence-electron chi connectivity index (χ0n) is 18.3. The Morgan fingerprint density at radius 2 is 1.75 bits per heavy atom. The van der Waals surface area contributed by atoms with Crippen molar-refractivity contribution in [3.05, 3.63) is 47.0 Å². The Kier molecular flexibility index (Phi) is 7.25. The number of rotatable bonds is 10. The van der Waals surface area contributed by atoms with Crippen molar-refractivity contribution >= 4 is 22.9 Å². The van der Waals surface area contributed by atoms with E-state index < -0.39 is 6.16 Å². The molecule has 0 bridgehead atoms. The van der Waals surface area contributed by atoms with Crippen LogP contribution in [0.2, 0.25) is 0 Å². The van der Waals surface area contributed by atoms with E-state index in [1.807, 2.05) is 13.8 Å². The summed E-state index contributed by atoms with van der Waals surface area (Å²) < 4.78 is 21.7. The number of benzene rings is 2. The third-order valence-electron chi connectivity index (χ3n) is 4.97. The molecule has 0 aliphatic rings. The summed E-state index contributed by atoms with van der Waals surface area (Å²) in [4.78, 5) is 22.3. The second-order valence-electron chi connectivity index (χ2n) is 7.34. The number of carboxylic acid groups (broad SMARTS) is 1. The lowest BCUT2D eigenvalue weighted by Crippen LogP contribution is -2.07. The SMILES string of the molecule is CCCc1c(OCCCOc2ccc3cc(OC(=O)O)oc3c2C)ccc(C(C)=O)c1O. The fourth-order valence-corrected chi connectivity index (χ4v) is 3.45. The topological polar surface area (TPSA) is 115 Å². The molecule has 2 aromatic carbocycles. The van der Waals surface area contributed by atoms with Gasteiger partial charge in [-0.05, 0) is 44.5 Å². The zero-order valence-corrected chi connectivity index (χ0v) is 18.3. The number of fused-ring (bicyclic) bond motifs is 1. The highest BCUT2D eigenvalue weighted by Crippen LogP contribution is 2.34. The molecule has 0 amide bonds. The highest BCUT2D eigenvalue weighted by Gasteiger charge is 2.16. The third-order valence-corrected chi connectivity index (χ3v) is 4.97. The van der Waals surface area contributed by atoms with Gasteiger partial charge in [-0.3, -0.25) is 4.79 Å². The molecule has 0 saturated heterocycles. The summed E-state index contributed by atoms with van der Waals surface area (Å²) in [6.45, 7) is 5.98. The van der Waals surface area contributed by atoms with E-state index in [4.69, 9.17) is 19.0 Å². The first-order chi connectivity index (χ1) is 15.3. The van der Waals surface area contributed by atoms with E-state index in [1.165, 1.54) is 13.0 Å². The summed E-state index contributed by atoms with van der Waals surface area (Å²) in [6.07, 6.45) is 0.560. The van der Waals surface area contributed by atoms with Crippen molar-refractivity contribution in [3.8, 4) is 23.2 Å². The Balaban J connectivity index is 1.59. The van der Waals surface area contributed by atoms with Crippen molar-refractivity contribution in [1.29, 1.82) is 0 Å². The van der Waals surface area contributed by atoms with Gasteiger partial charge in [-0.2, -0.15) is 0 Å². The third kappa shape index (κ3) is 5.14. The van der Waals surface area contributed by atoms with Crippen LogP contribution in [-0.2, 0) is 6.42 Å². The van der Waals surface area contributed by atoms with Crippen LogP contribution in [-0.4, -0.2) is 35.4 Å². The minimum absolute atomic E-state index is 0.0123. The number of phenols is 1. The van der Waals surface area contributed by atoms with Gasteiger partial charge < -0.3 is 28.8 Å². The molecule has 0 radical (unpaired) electrons. The van der Waals surface area contributed by atoms with Gasteiger partial charge in [0.2, 0.25) is 0 Å². The summed E-state index contributed by atoms with van der Waals surface area (Å²) in [5.74, 6) is 0.882. The van der Waals surface area contributed by atoms with Gasteiger partial charge in [0.05, 0.1) is 18.8 Å². The van der Waals surface area contributed by atoms with Gasteiger partial charge in [0.1, 0.15) is 22.8 Å². The summed E-state index contributed by atoms with van der Waals surface area (Å²) >= 11 is 0. The number of hydrogen-bond donors (Lipinski definition) is 2. The molecular formula is C24H26O8. The highest BCUT2D eigenvalue weighted by atomic mass is 16.7. The Labute approximate surface area is 185 Å². The summed E-state index contributed by atoms with van der Waals surface area (Å²) in [7, 11) is 0. The average Bonchev–Trinajstić information content (AvgIpc) is 3.14. The Morgan fingerprint density at radius 1 is 1.06 bits per heavy atom. The van der Waals surface area contributed by atoms with Gasteiger partial charge in [0.25, 0.3) is 5.95 Å². The first-order valence-electron chi connectivity index (χ1n) is 10.4. The fraction of sp³-hybridized carbons (Fsp3) is 0.333. The van der Waals surface area contributed by atoms with Crippen LogP contribution < -0.4 is 14.2 Å². The number of ketones is 1. The molecule has 1 aromatic heterocycles. The Morgan fingerprint density at radius 3 is 2.41 bits per heavy atom. The minimum atomic E-state index is -1.44. The monoisotopic (exact) mass is 442 g/mol. The lowest BCUT2D eigenvalue weighted by atomic mass is 10.0. The molecule has 3 rings (SSSR count). The Bertz CT molecular complexity index is 1130. The number of hydrogen-bond acceptors (Lipinski definition) is 7. The van der Waals surface area contributed by atoms with Gasteiger partial charge in [0.15, 0.2) is 5.78 Å². The number of Topliss-reactive ketones (excluding diaryl/α,β-unsaturated/α-hetero) is 1. The fourth-order valence-electron chi connectivity index (χ4n) is 3.45. The van der Waals surface area contributed by atoms with Crippen molar-refractivity contribution < 1.29 is 38.4 Å². The van der Waals surface area contributed by atoms with Gasteiger partial charge in [0, 0.05) is 29.0 Å². The largest absolute Gasteiger partial charge is 0.513 e. The van der Waals surface area contributed by atoms with Gasteiger partial charge in [-0.25, -0.2) is 4.79 Å². The van der Waals surface area contributed by atoms with Crippen LogP contribution in [0.3, 0.4) is 0 Å². The molecule has 170 valence electrons. The molecule has 0 atom stereocenters. The second-order valence-corrected chi connectivity index (χ2v) is 7.34. The van der Waals surface area contributed by atoms with Gasteiger partial charge in [-0.1, -0.05) is 13.3 Å². The van der Waals surface area contributed by atoms with Crippen LogP contribution in [0.15, 0.2) is 34.7 Å². The molecule has 8 heteroatoms. The maximum Gasteiger partial charge on any atom is 0.513 e. The van der Waals surface area contributed by atoms with Crippen molar-refractivity contribution in [2.24, 2.45) is 0 Å². The van der Waals surface area contributed by atoms with E-state index in [2.05, 4.69) is 4.74 Å². The van der Waals surface area contributed by atoms with E-state index in [0.29, 0.717) is 59.7 Å². The number of furan rings is 1. The molecule has 0 fully saturated rings. The quantitative estimate of drug-likeness (QED) is 0.240. The zero-order chi connectivity index (χ0) is 23.3. The molecule has 2 N–H and O–H groups in total. The van der Waals surface area contributed by atoms with Crippen molar-refractivity contribution in [2.45, 2.75) is 40.0 Å². The van der Waals surface area contributed by atoms with E-state index in [0.717, 1.165) is 12.0 Å². The summed E-state index contributed by atoms with van der Waals surface area (Å²) in [5, 5.41) is 19.8.